The monoisotopic (exact) mass is 257 g/mol. The molecule has 19 heavy (non-hydrogen) atoms. The molecule has 1 unspecified atom stereocenters. The Balaban J connectivity index is 2.33. The van der Waals surface area contributed by atoms with E-state index in [4.69, 9.17) is 4.74 Å². The van der Waals surface area contributed by atoms with Crippen molar-refractivity contribution in [1.82, 2.24) is 15.3 Å². The summed E-state index contributed by atoms with van der Waals surface area (Å²) in [7, 11) is 1.90. The van der Waals surface area contributed by atoms with Crippen LogP contribution in [-0.4, -0.2) is 23.6 Å². The molecule has 2 aromatic rings. The molecule has 2 rings (SSSR count). The van der Waals surface area contributed by atoms with Gasteiger partial charge in [-0.05, 0) is 25.6 Å². The van der Waals surface area contributed by atoms with Gasteiger partial charge in [0.2, 0.25) is 0 Å². The average Bonchev–Trinajstić information content (AvgIpc) is 2.48. The number of benzene rings is 1. The van der Waals surface area contributed by atoms with Crippen LogP contribution in [0.3, 0.4) is 0 Å². The molecule has 1 aromatic carbocycles. The van der Waals surface area contributed by atoms with E-state index in [1.54, 1.807) is 12.4 Å². The van der Waals surface area contributed by atoms with Crippen LogP contribution < -0.4 is 10.1 Å². The summed E-state index contributed by atoms with van der Waals surface area (Å²) in [5.74, 6) is 1.63. The van der Waals surface area contributed by atoms with Gasteiger partial charge in [0.15, 0.2) is 0 Å². The number of rotatable bonds is 6. The van der Waals surface area contributed by atoms with Gasteiger partial charge in [-0.2, -0.15) is 0 Å². The van der Waals surface area contributed by atoms with Crippen LogP contribution in [0.25, 0.3) is 0 Å². The Morgan fingerprint density at radius 2 is 1.89 bits per heavy atom. The molecule has 0 aliphatic carbocycles. The molecule has 100 valence electrons. The smallest absolute Gasteiger partial charge is 0.149 e. The minimum atomic E-state index is -0.0609. The molecule has 0 aliphatic rings. The molecule has 0 saturated heterocycles. The molecule has 0 radical (unpaired) electrons. The van der Waals surface area contributed by atoms with E-state index in [1.165, 1.54) is 0 Å². The van der Waals surface area contributed by atoms with Gasteiger partial charge < -0.3 is 10.1 Å². The highest BCUT2D eigenvalue weighted by Gasteiger charge is 2.18. The van der Waals surface area contributed by atoms with Gasteiger partial charge in [0, 0.05) is 18.0 Å². The third-order valence-electron chi connectivity index (χ3n) is 2.82. The molecule has 1 N–H and O–H groups in total. The number of hydrogen-bond acceptors (Lipinski definition) is 4. The van der Waals surface area contributed by atoms with E-state index in [9.17, 15) is 0 Å². The van der Waals surface area contributed by atoms with Crippen LogP contribution in [0.15, 0.2) is 42.7 Å². The Labute approximate surface area is 113 Å². The summed E-state index contributed by atoms with van der Waals surface area (Å²) in [6.07, 6.45) is 4.49. The zero-order valence-corrected chi connectivity index (χ0v) is 11.3. The van der Waals surface area contributed by atoms with E-state index in [1.807, 2.05) is 37.4 Å². The predicted octanol–water partition coefficient (Wildman–Crippen LogP) is 2.57. The number of nitrogens with zero attached hydrogens (tertiary/aromatic N) is 2. The molecule has 0 spiro atoms. The predicted molar refractivity (Wildman–Crippen MR) is 75.2 cm³/mol. The minimum Gasteiger partial charge on any atom is -0.493 e. The molecule has 1 heterocycles. The first-order chi connectivity index (χ1) is 9.36. The van der Waals surface area contributed by atoms with Crippen molar-refractivity contribution in [2.24, 2.45) is 0 Å². The van der Waals surface area contributed by atoms with Gasteiger partial charge in [-0.3, -0.25) is 0 Å². The van der Waals surface area contributed by atoms with Gasteiger partial charge in [-0.1, -0.05) is 25.1 Å². The fourth-order valence-electron chi connectivity index (χ4n) is 1.95. The fraction of sp³-hybridized carbons (Fsp3) is 0.333. The summed E-state index contributed by atoms with van der Waals surface area (Å²) in [6, 6.07) is 9.76. The van der Waals surface area contributed by atoms with Gasteiger partial charge in [0.05, 0.1) is 12.6 Å². The second kappa shape index (κ2) is 6.85. The number of ether oxygens (including phenoxy) is 1. The summed E-state index contributed by atoms with van der Waals surface area (Å²) in [4.78, 5) is 8.64. The molecular formula is C15H19N3O. The van der Waals surface area contributed by atoms with Gasteiger partial charge in [-0.15, -0.1) is 0 Å². The SMILES string of the molecule is CCCOc1ccccc1C(NC)c1ncccn1. The Morgan fingerprint density at radius 1 is 1.16 bits per heavy atom. The lowest BCUT2D eigenvalue weighted by atomic mass is 10.1. The lowest BCUT2D eigenvalue weighted by Gasteiger charge is -2.18. The van der Waals surface area contributed by atoms with Gasteiger partial charge in [0.25, 0.3) is 0 Å². The highest BCUT2D eigenvalue weighted by atomic mass is 16.5. The highest BCUT2D eigenvalue weighted by Crippen LogP contribution is 2.27. The van der Waals surface area contributed by atoms with Crippen molar-refractivity contribution in [2.75, 3.05) is 13.7 Å². The molecule has 0 saturated carbocycles. The zero-order valence-electron chi connectivity index (χ0n) is 11.3. The van der Waals surface area contributed by atoms with Gasteiger partial charge in [-0.25, -0.2) is 9.97 Å². The molecule has 1 atom stereocenters. The maximum Gasteiger partial charge on any atom is 0.149 e. The van der Waals surface area contributed by atoms with Crippen molar-refractivity contribution in [3.8, 4) is 5.75 Å². The number of aromatic nitrogens is 2. The van der Waals surface area contributed by atoms with E-state index < -0.39 is 0 Å². The summed E-state index contributed by atoms with van der Waals surface area (Å²) >= 11 is 0. The molecular weight excluding hydrogens is 238 g/mol. The van der Waals surface area contributed by atoms with Crippen molar-refractivity contribution in [1.29, 1.82) is 0 Å². The maximum atomic E-state index is 5.80. The quantitative estimate of drug-likeness (QED) is 0.864. The van der Waals surface area contributed by atoms with Crippen LogP contribution in [0.4, 0.5) is 0 Å². The molecule has 4 nitrogen and oxygen atoms in total. The van der Waals surface area contributed by atoms with Crippen molar-refractivity contribution in [2.45, 2.75) is 19.4 Å². The standard InChI is InChI=1S/C15H19N3O/c1-3-11-19-13-8-5-4-7-12(13)14(16-2)15-17-9-6-10-18-15/h4-10,14,16H,3,11H2,1-2H3. The first-order valence-electron chi connectivity index (χ1n) is 6.52. The summed E-state index contributed by atoms with van der Waals surface area (Å²) in [5.41, 5.74) is 1.06. The van der Waals surface area contributed by atoms with E-state index in [0.717, 1.165) is 23.6 Å². The maximum absolute atomic E-state index is 5.80. The molecule has 4 heteroatoms. The number of hydrogen-bond donors (Lipinski definition) is 1. The van der Waals surface area contributed by atoms with Crippen LogP contribution >= 0.6 is 0 Å². The van der Waals surface area contributed by atoms with E-state index in [2.05, 4.69) is 22.2 Å². The third-order valence-corrected chi connectivity index (χ3v) is 2.82. The molecule has 0 fully saturated rings. The molecule has 0 amide bonds. The second-order valence-electron chi connectivity index (χ2n) is 4.21. The van der Waals surface area contributed by atoms with E-state index >= 15 is 0 Å². The first-order valence-corrected chi connectivity index (χ1v) is 6.52. The van der Waals surface area contributed by atoms with Crippen molar-refractivity contribution < 1.29 is 4.74 Å². The minimum absolute atomic E-state index is 0.0609. The largest absolute Gasteiger partial charge is 0.493 e. The third kappa shape index (κ3) is 3.29. The molecule has 0 aliphatic heterocycles. The fourth-order valence-corrected chi connectivity index (χ4v) is 1.95. The lowest BCUT2D eigenvalue weighted by Crippen LogP contribution is -2.21. The van der Waals surface area contributed by atoms with E-state index in [-0.39, 0.29) is 6.04 Å². The average molecular weight is 257 g/mol. The summed E-state index contributed by atoms with van der Waals surface area (Å²) in [6.45, 7) is 2.81. The summed E-state index contributed by atoms with van der Waals surface area (Å²) < 4.78 is 5.80. The first kappa shape index (κ1) is 13.5. The van der Waals surface area contributed by atoms with Crippen molar-refractivity contribution in [3.63, 3.8) is 0 Å². The van der Waals surface area contributed by atoms with Crippen LogP contribution in [0, 0.1) is 0 Å². The Morgan fingerprint density at radius 3 is 2.58 bits per heavy atom. The van der Waals surface area contributed by atoms with Crippen LogP contribution in [0.2, 0.25) is 0 Å². The van der Waals surface area contributed by atoms with Crippen molar-refractivity contribution >= 4 is 0 Å². The van der Waals surface area contributed by atoms with Gasteiger partial charge in [0.1, 0.15) is 11.6 Å². The second-order valence-corrected chi connectivity index (χ2v) is 4.21. The van der Waals surface area contributed by atoms with Gasteiger partial charge >= 0.3 is 0 Å². The summed E-state index contributed by atoms with van der Waals surface area (Å²) in [5, 5.41) is 3.25. The van der Waals surface area contributed by atoms with Crippen LogP contribution in [-0.2, 0) is 0 Å². The Hall–Kier alpha value is -1.94. The highest BCUT2D eigenvalue weighted by molar-refractivity contribution is 5.38. The van der Waals surface area contributed by atoms with Crippen molar-refractivity contribution in [3.05, 3.63) is 54.1 Å². The zero-order chi connectivity index (χ0) is 13.5. The topological polar surface area (TPSA) is 47.0 Å². The van der Waals surface area contributed by atoms with E-state index in [0.29, 0.717) is 6.61 Å². The van der Waals surface area contributed by atoms with Crippen LogP contribution in [0.1, 0.15) is 30.8 Å². The van der Waals surface area contributed by atoms with Crippen LogP contribution in [0.5, 0.6) is 5.75 Å². The normalized spacial score (nSPS) is 12.1. The number of para-hydroxylation sites is 1. The Kier molecular flexibility index (Phi) is 4.86. The number of nitrogens with one attached hydrogen (secondary N) is 1. The molecule has 0 bridgehead atoms. The Bertz CT molecular complexity index is 502. The molecule has 1 aromatic heterocycles. The lowest BCUT2D eigenvalue weighted by molar-refractivity contribution is 0.311.